The van der Waals surface area contributed by atoms with Crippen molar-refractivity contribution in [1.82, 2.24) is 5.16 Å². The number of benzene rings is 1. The van der Waals surface area contributed by atoms with E-state index in [1.54, 1.807) is 18.2 Å². The highest BCUT2D eigenvalue weighted by atomic mass is 35.5. The molecule has 1 aromatic carbocycles. The van der Waals surface area contributed by atoms with Crippen molar-refractivity contribution in [3.63, 3.8) is 0 Å². The Kier molecular flexibility index (Phi) is 3.22. The molecular weight excluding hydrogens is 249 g/mol. The lowest BCUT2D eigenvalue weighted by Crippen LogP contribution is -2.01. The van der Waals surface area contributed by atoms with Crippen molar-refractivity contribution < 1.29 is 4.52 Å². The highest BCUT2D eigenvalue weighted by Crippen LogP contribution is 2.32. The summed E-state index contributed by atoms with van der Waals surface area (Å²) in [6.45, 7) is 0.486. The van der Waals surface area contributed by atoms with Crippen LogP contribution < -0.4 is 11.1 Å². The largest absolute Gasteiger partial charge is 0.399 e. The molecule has 0 bridgehead atoms. The van der Waals surface area contributed by atoms with Crippen LogP contribution in [-0.2, 0) is 6.54 Å². The van der Waals surface area contributed by atoms with Crippen LogP contribution in [-0.4, -0.2) is 5.16 Å². The number of hydrogen-bond donors (Lipinski definition) is 2. The van der Waals surface area contributed by atoms with Crippen molar-refractivity contribution in [2.75, 3.05) is 11.1 Å². The van der Waals surface area contributed by atoms with E-state index in [0.29, 0.717) is 28.0 Å². The van der Waals surface area contributed by atoms with Crippen molar-refractivity contribution in [2.45, 2.75) is 6.54 Å². The molecule has 0 radical (unpaired) electrons. The van der Waals surface area contributed by atoms with Gasteiger partial charge in [-0.05, 0) is 12.1 Å². The molecule has 0 amide bonds. The number of nitrogen functional groups attached to an aromatic ring is 1. The van der Waals surface area contributed by atoms with Gasteiger partial charge in [0.1, 0.15) is 12.0 Å². The van der Waals surface area contributed by atoms with E-state index in [9.17, 15) is 0 Å². The Hall–Kier alpha value is -1.39. The highest BCUT2D eigenvalue weighted by Gasteiger charge is 2.07. The van der Waals surface area contributed by atoms with Crippen molar-refractivity contribution in [3.8, 4) is 0 Å². The lowest BCUT2D eigenvalue weighted by atomic mass is 10.2. The topological polar surface area (TPSA) is 64.1 Å². The van der Waals surface area contributed by atoms with Gasteiger partial charge in [-0.2, -0.15) is 0 Å². The normalized spacial score (nSPS) is 10.4. The second kappa shape index (κ2) is 4.63. The molecule has 3 N–H and O–H groups in total. The number of nitrogens with one attached hydrogen (secondary N) is 1. The number of rotatable bonds is 3. The van der Waals surface area contributed by atoms with Gasteiger partial charge in [-0.1, -0.05) is 28.4 Å². The van der Waals surface area contributed by atoms with Gasteiger partial charge in [0, 0.05) is 11.8 Å². The summed E-state index contributed by atoms with van der Waals surface area (Å²) in [5.74, 6) is 0. The van der Waals surface area contributed by atoms with E-state index in [2.05, 4.69) is 10.5 Å². The minimum Gasteiger partial charge on any atom is -0.399 e. The van der Waals surface area contributed by atoms with Crippen LogP contribution in [0.5, 0.6) is 0 Å². The maximum atomic E-state index is 6.00. The molecule has 2 rings (SSSR count). The van der Waals surface area contributed by atoms with Gasteiger partial charge in [0.15, 0.2) is 0 Å². The standard InChI is InChI=1S/C10H9Cl2N3O/c11-8-3-6(13)4-9(12)10(8)14-5-7-1-2-16-15-7/h1-4,14H,5,13H2. The smallest absolute Gasteiger partial charge is 0.124 e. The van der Waals surface area contributed by atoms with E-state index in [1.165, 1.54) is 6.26 Å². The van der Waals surface area contributed by atoms with Crippen LogP contribution in [0.4, 0.5) is 11.4 Å². The van der Waals surface area contributed by atoms with E-state index >= 15 is 0 Å². The molecule has 16 heavy (non-hydrogen) atoms. The van der Waals surface area contributed by atoms with Crippen LogP contribution in [0.25, 0.3) is 0 Å². The number of anilines is 2. The average Bonchev–Trinajstić information content (AvgIpc) is 2.68. The highest BCUT2D eigenvalue weighted by molar-refractivity contribution is 6.39. The zero-order chi connectivity index (χ0) is 11.5. The van der Waals surface area contributed by atoms with Gasteiger partial charge < -0.3 is 15.6 Å². The van der Waals surface area contributed by atoms with E-state index in [4.69, 9.17) is 33.5 Å². The summed E-state index contributed by atoms with van der Waals surface area (Å²) in [6.07, 6.45) is 1.50. The van der Waals surface area contributed by atoms with E-state index in [-0.39, 0.29) is 0 Å². The summed E-state index contributed by atoms with van der Waals surface area (Å²) in [5.41, 5.74) is 7.53. The van der Waals surface area contributed by atoms with Gasteiger partial charge in [-0.3, -0.25) is 0 Å². The van der Waals surface area contributed by atoms with Crippen LogP contribution in [0.3, 0.4) is 0 Å². The number of nitrogens with zero attached hydrogens (tertiary/aromatic N) is 1. The zero-order valence-corrected chi connectivity index (χ0v) is 9.72. The Bertz CT molecular complexity index is 462. The first-order valence-corrected chi connectivity index (χ1v) is 5.30. The van der Waals surface area contributed by atoms with Crippen molar-refractivity contribution >= 4 is 34.6 Å². The Labute approximate surface area is 102 Å². The minimum absolute atomic E-state index is 0.480. The third kappa shape index (κ3) is 2.40. The van der Waals surface area contributed by atoms with Gasteiger partial charge in [0.2, 0.25) is 0 Å². The first-order chi connectivity index (χ1) is 7.66. The summed E-state index contributed by atoms with van der Waals surface area (Å²) < 4.78 is 4.71. The summed E-state index contributed by atoms with van der Waals surface area (Å²) in [4.78, 5) is 0. The SMILES string of the molecule is Nc1cc(Cl)c(NCc2ccon2)c(Cl)c1. The molecule has 0 aliphatic heterocycles. The Balaban J connectivity index is 2.15. The van der Waals surface area contributed by atoms with Gasteiger partial charge in [-0.25, -0.2) is 0 Å². The first kappa shape index (κ1) is 11.1. The monoisotopic (exact) mass is 257 g/mol. The van der Waals surface area contributed by atoms with Gasteiger partial charge in [-0.15, -0.1) is 0 Å². The predicted molar refractivity (Wildman–Crippen MR) is 64.7 cm³/mol. The van der Waals surface area contributed by atoms with Crippen LogP contribution in [0.1, 0.15) is 5.69 Å². The molecule has 0 aliphatic rings. The molecule has 1 heterocycles. The molecular formula is C10H9Cl2N3O. The molecule has 6 heteroatoms. The van der Waals surface area contributed by atoms with Crippen molar-refractivity contribution in [3.05, 3.63) is 40.2 Å². The van der Waals surface area contributed by atoms with Crippen LogP contribution in [0.15, 0.2) is 29.0 Å². The Morgan fingerprint density at radius 2 is 2.00 bits per heavy atom. The maximum absolute atomic E-state index is 6.00. The molecule has 0 atom stereocenters. The second-order valence-electron chi connectivity index (χ2n) is 3.20. The fourth-order valence-corrected chi connectivity index (χ4v) is 1.91. The number of aromatic nitrogens is 1. The van der Waals surface area contributed by atoms with E-state index in [1.807, 2.05) is 0 Å². The second-order valence-corrected chi connectivity index (χ2v) is 4.02. The van der Waals surface area contributed by atoms with Gasteiger partial charge in [0.05, 0.1) is 22.3 Å². The number of nitrogens with two attached hydrogens (primary N) is 1. The fourth-order valence-electron chi connectivity index (χ4n) is 1.27. The molecule has 4 nitrogen and oxygen atoms in total. The van der Waals surface area contributed by atoms with Crippen LogP contribution in [0, 0.1) is 0 Å². The average molecular weight is 258 g/mol. The number of halogens is 2. The Morgan fingerprint density at radius 3 is 2.56 bits per heavy atom. The molecule has 0 aliphatic carbocycles. The van der Waals surface area contributed by atoms with Gasteiger partial charge in [0.25, 0.3) is 0 Å². The minimum atomic E-state index is 0.480. The molecule has 0 saturated carbocycles. The molecule has 84 valence electrons. The van der Waals surface area contributed by atoms with E-state index in [0.717, 1.165) is 5.69 Å². The number of hydrogen-bond acceptors (Lipinski definition) is 4. The van der Waals surface area contributed by atoms with Crippen molar-refractivity contribution in [2.24, 2.45) is 0 Å². The molecule has 0 saturated heterocycles. The summed E-state index contributed by atoms with van der Waals surface area (Å²) in [6, 6.07) is 5.03. The lowest BCUT2D eigenvalue weighted by Gasteiger charge is -2.09. The maximum Gasteiger partial charge on any atom is 0.124 e. The summed E-state index contributed by atoms with van der Waals surface area (Å²) in [5, 5.41) is 7.79. The molecule has 1 aromatic heterocycles. The molecule has 0 unspecified atom stereocenters. The summed E-state index contributed by atoms with van der Waals surface area (Å²) in [7, 11) is 0. The third-order valence-corrected chi connectivity index (χ3v) is 2.60. The molecule has 0 spiro atoms. The zero-order valence-electron chi connectivity index (χ0n) is 8.21. The molecule has 2 aromatic rings. The van der Waals surface area contributed by atoms with Crippen LogP contribution >= 0.6 is 23.2 Å². The summed E-state index contributed by atoms with van der Waals surface area (Å²) >= 11 is 12.0. The first-order valence-electron chi connectivity index (χ1n) is 4.54. The van der Waals surface area contributed by atoms with Crippen LogP contribution in [0.2, 0.25) is 10.0 Å². The quantitative estimate of drug-likeness (QED) is 0.830. The van der Waals surface area contributed by atoms with E-state index < -0.39 is 0 Å². The van der Waals surface area contributed by atoms with Crippen molar-refractivity contribution in [1.29, 1.82) is 0 Å². The fraction of sp³-hybridized carbons (Fsp3) is 0.100. The van der Waals surface area contributed by atoms with Gasteiger partial charge >= 0.3 is 0 Å². The Morgan fingerprint density at radius 1 is 1.31 bits per heavy atom. The third-order valence-electron chi connectivity index (χ3n) is 2.00. The molecule has 0 fully saturated rings. The predicted octanol–water partition coefficient (Wildman–Crippen LogP) is 3.18. The lowest BCUT2D eigenvalue weighted by molar-refractivity contribution is 0.412.